The summed E-state index contributed by atoms with van der Waals surface area (Å²) >= 11 is 0. The summed E-state index contributed by atoms with van der Waals surface area (Å²) in [6, 6.07) is 16.8. The summed E-state index contributed by atoms with van der Waals surface area (Å²) in [5.74, 6) is -0.280. The molecule has 0 radical (unpaired) electrons. The van der Waals surface area contributed by atoms with Gasteiger partial charge in [-0.05, 0) is 48.0 Å². The molecule has 2 aromatic carbocycles. The lowest BCUT2D eigenvalue weighted by atomic mass is 10.1. The summed E-state index contributed by atoms with van der Waals surface area (Å²) in [5, 5.41) is 4.62. The molecular weight excluding hydrogens is 415 g/mol. The number of nitrogens with one attached hydrogen (secondary N) is 2. The van der Waals surface area contributed by atoms with Crippen molar-refractivity contribution in [3.8, 4) is 11.3 Å². The van der Waals surface area contributed by atoms with Crippen LogP contribution in [0.1, 0.15) is 5.56 Å². The van der Waals surface area contributed by atoms with Gasteiger partial charge in [-0.1, -0.05) is 18.2 Å². The van der Waals surface area contributed by atoms with Crippen LogP contribution in [0.5, 0.6) is 0 Å². The van der Waals surface area contributed by atoms with Gasteiger partial charge >= 0.3 is 0 Å². The Morgan fingerprint density at radius 3 is 2.52 bits per heavy atom. The Morgan fingerprint density at radius 2 is 1.74 bits per heavy atom. The number of aromatic nitrogens is 2. The number of hydrogen-bond donors (Lipinski definition) is 2. The SMILES string of the molecule is O=S(=O)(NCCNCc1ccc(-c2ccc(F)cc2)nc1)c1cccc2cnccc12. The number of nitrogens with zero attached hydrogens (tertiary/aromatic N) is 2. The standard InChI is InChI=1S/C23H21FN4O2S/c24-20-7-5-18(6-8-20)22-9-4-17(15-27-22)14-26-12-13-28-31(29,30)23-3-1-2-19-16-25-11-10-21(19)23/h1-11,15-16,26,28H,12-14H2. The first-order chi connectivity index (χ1) is 15.0. The quantitative estimate of drug-likeness (QED) is 0.413. The van der Waals surface area contributed by atoms with Gasteiger partial charge in [0.05, 0.1) is 10.6 Å². The zero-order chi connectivity index (χ0) is 21.7. The third-order valence-electron chi connectivity index (χ3n) is 4.82. The largest absolute Gasteiger partial charge is 0.311 e. The van der Waals surface area contributed by atoms with Gasteiger partial charge < -0.3 is 5.32 Å². The molecule has 6 nitrogen and oxygen atoms in total. The summed E-state index contributed by atoms with van der Waals surface area (Å²) in [4.78, 5) is 8.68. The minimum Gasteiger partial charge on any atom is -0.311 e. The Hall–Kier alpha value is -3.20. The average Bonchev–Trinajstić information content (AvgIpc) is 2.79. The highest BCUT2D eigenvalue weighted by Gasteiger charge is 2.16. The third-order valence-corrected chi connectivity index (χ3v) is 6.34. The van der Waals surface area contributed by atoms with Crippen molar-refractivity contribution >= 4 is 20.8 Å². The molecule has 0 spiro atoms. The van der Waals surface area contributed by atoms with Gasteiger partial charge in [-0.15, -0.1) is 0 Å². The maximum Gasteiger partial charge on any atom is 0.241 e. The molecule has 158 valence electrons. The second kappa shape index (κ2) is 9.30. The first kappa shape index (κ1) is 21.0. The van der Waals surface area contributed by atoms with Crippen LogP contribution in [0.25, 0.3) is 22.0 Å². The van der Waals surface area contributed by atoms with E-state index in [0.29, 0.717) is 18.5 Å². The third kappa shape index (κ3) is 5.11. The highest BCUT2D eigenvalue weighted by Crippen LogP contribution is 2.21. The Morgan fingerprint density at radius 1 is 0.903 bits per heavy atom. The molecular formula is C23H21FN4O2S. The summed E-state index contributed by atoms with van der Waals surface area (Å²) in [7, 11) is -3.63. The van der Waals surface area contributed by atoms with E-state index in [1.165, 1.54) is 12.1 Å². The molecule has 0 bridgehead atoms. The molecule has 2 N–H and O–H groups in total. The van der Waals surface area contributed by atoms with Gasteiger partial charge in [0, 0.05) is 54.6 Å². The van der Waals surface area contributed by atoms with Crippen molar-refractivity contribution in [1.29, 1.82) is 0 Å². The molecule has 0 fully saturated rings. The van der Waals surface area contributed by atoms with Crippen LogP contribution >= 0.6 is 0 Å². The molecule has 0 aliphatic heterocycles. The van der Waals surface area contributed by atoms with Gasteiger partial charge in [-0.3, -0.25) is 9.97 Å². The fourth-order valence-corrected chi connectivity index (χ4v) is 4.49. The lowest BCUT2D eigenvalue weighted by molar-refractivity contribution is 0.576. The maximum atomic E-state index is 13.0. The molecule has 0 unspecified atom stereocenters. The molecule has 8 heteroatoms. The van der Waals surface area contributed by atoms with Crippen LogP contribution in [0.4, 0.5) is 4.39 Å². The minimum absolute atomic E-state index is 0.244. The molecule has 4 aromatic rings. The van der Waals surface area contributed by atoms with Crippen molar-refractivity contribution < 1.29 is 12.8 Å². The number of sulfonamides is 1. The van der Waals surface area contributed by atoms with Crippen LogP contribution < -0.4 is 10.0 Å². The van der Waals surface area contributed by atoms with Crippen molar-refractivity contribution in [2.24, 2.45) is 0 Å². The molecule has 0 amide bonds. The number of halogens is 1. The van der Waals surface area contributed by atoms with Crippen LogP contribution in [0.3, 0.4) is 0 Å². The Kier molecular flexibility index (Phi) is 6.31. The maximum absolute atomic E-state index is 13.0. The normalized spacial score (nSPS) is 11.6. The average molecular weight is 437 g/mol. The van der Waals surface area contributed by atoms with Crippen LogP contribution in [0.2, 0.25) is 0 Å². The van der Waals surface area contributed by atoms with E-state index in [1.807, 2.05) is 18.2 Å². The molecule has 2 aromatic heterocycles. The van der Waals surface area contributed by atoms with E-state index in [2.05, 4.69) is 20.0 Å². The molecule has 4 rings (SSSR count). The van der Waals surface area contributed by atoms with E-state index in [0.717, 1.165) is 22.2 Å². The predicted molar refractivity (Wildman–Crippen MR) is 118 cm³/mol. The van der Waals surface area contributed by atoms with Crippen LogP contribution in [0, 0.1) is 5.82 Å². The highest BCUT2D eigenvalue weighted by atomic mass is 32.2. The zero-order valence-corrected chi connectivity index (χ0v) is 17.4. The number of fused-ring (bicyclic) bond motifs is 1. The number of rotatable bonds is 8. The van der Waals surface area contributed by atoms with E-state index >= 15 is 0 Å². The number of pyridine rings is 2. The summed E-state index contributed by atoms with van der Waals surface area (Å²) in [5.41, 5.74) is 2.58. The second-order valence-corrected chi connectivity index (χ2v) is 8.72. The lowest BCUT2D eigenvalue weighted by Gasteiger charge is -2.10. The van der Waals surface area contributed by atoms with E-state index in [-0.39, 0.29) is 17.3 Å². The van der Waals surface area contributed by atoms with Crippen molar-refractivity contribution in [2.75, 3.05) is 13.1 Å². The van der Waals surface area contributed by atoms with E-state index in [1.54, 1.807) is 48.9 Å². The summed E-state index contributed by atoms with van der Waals surface area (Å²) < 4.78 is 41.0. The zero-order valence-electron chi connectivity index (χ0n) is 16.6. The van der Waals surface area contributed by atoms with Gasteiger partial charge in [0.1, 0.15) is 5.82 Å². The number of hydrogen-bond acceptors (Lipinski definition) is 5. The first-order valence-electron chi connectivity index (χ1n) is 9.77. The molecule has 0 saturated heterocycles. The first-order valence-corrected chi connectivity index (χ1v) is 11.3. The fourth-order valence-electron chi connectivity index (χ4n) is 3.23. The fraction of sp³-hybridized carbons (Fsp3) is 0.130. The lowest BCUT2D eigenvalue weighted by Crippen LogP contribution is -2.31. The molecule has 0 aliphatic carbocycles. The van der Waals surface area contributed by atoms with Crippen molar-refractivity contribution in [3.63, 3.8) is 0 Å². The van der Waals surface area contributed by atoms with Crippen molar-refractivity contribution in [1.82, 2.24) is 20.0 Å². The predicted octanol–water partition coefficient (Wildman–Crippen LogP) is 3.50. The molecule has 2 heterocycles. The van der Waals surface area contributed by atoms with Gasteiger partial charge in [0.15, 0.2) is 0 Å². The van der Waals surface area contributed by atoms with Crippen LogP contribution in [0.15, 0.2) is 84.1 Å². The minimum atomic E-state index is -3.63. The smallest absolute Gasteiger partial charge is 0.241 e. The number of benzene rings is 2. The Balaban J connectivity index is 1.29. The second-order valence-electron chi connectivity index (χ2n) is 6.99. The van der Waals surface area contributed by atoms with Crippen LogP contribution in [-0.4, -0.2) is 31.5 Å². The Labute approximate surface area is 180 Å². The molecule has 0 aliphatic rings. The van der Waals surface area contributed by atoms with Gasteiger partial charge in [-0.2, -0.15) is 0 Å². The van der Waals surface area contributed by atoms with E-state index < -0.39 is 10.0 Å². The highest BCUT2D eigenvalue weighted by molar-refractivity contribution is 7.89. The van der Waals surface area contributed by atoms with Gasteiger partial charge in [0.2, 0.25) is 10.0 Å². The van der Waals surface area contributed by atoms with Crippen molar-refractivity contribution in [3.05, 3.63) is 90.6 Å². The van der Waals surface area contributed by atoms with Crippen molar-refractivity contribution in [2.45, 2.75) is 11.4 Å². The van der Waals surface area contributed by atoms with Gasteiger partial charge in [-0.25, -0.2) is 17.5 Å². The van der Waals surface area contributed by atoms with E-state index in [9.17, 15) is 12.8 Å². The topological polar surface area (TPSA) is 84.0 Å². The monoisotopic (exact) mass is 436 g/mol. The summed E-state index contributed by atoms with van der Waals surface area (Å²) in [6.07, 6.45) is 4.98. The van der Waals surface area contributed by atoms with Gasteiger partial charge in [0.25, 0.3) is 0 Å². The molecule has 0 atom stereocenters. The Bertz CT molecular complexity index is 1270. The molecule has 0 saturated carbocycles. The van der Waals surface area contributed by atoms with E-state index in [4.69, 9.17) is 0 Å². The van der Waals surface area contributed by atoms with Crippen LogP contribution in [-0.2, 0) is 16.6 Å². The summed E-state index contributed by atoms with van der Waals surface area (Å²) in [6.45, 7) is 1.27. The molecule has 31 heavy (non-hydrogen) atoms.